The van der Waals surface area contributed by atoms with E-state index in [-0.39, 0.29) is 10.9 Å². The average Bonchev–Trinajstić information content (AvgIpc) is 2.42. The Bertz CT molecular complexity index is 611. The summed E-state index contributed by atoms with van der Waals surface area (Å²) in [5, 5.41) is 3.12. The van der Waals surface area contributed by atoms with Crippen molar-refractivity contribution in [2.45, 2.75) is 26.7 Å². The highest BCUT2D eigenvalue weighted by Crippen LogP contribution is 2.26. The topological polar surface area (TPSA) is 24.9 Å². The van der Waals surface area contributed by atoms with Gasteiger partial charge in [-0.25, -0.2) is 18.2 Å². The van der Waals surface area contributed by atoms with E-state index in [1.54, 1.807) is 0 Å². The summed E-state index contributed by atoms with van der Waals surface area (Å²) in [6.45, 7) is 4.63. The van der Waals surface area contributed by atoms with Gasteiger partial charge < -0.3 is 5.32 Å². The molecule has 2 nitrogen and oxygen atoms in total. The van der Waals surface area contributed by atoms with Gasteiger partial charge in [-0.15, -0.1) is 0 Å². The molecule has 1 heterocycles. The zero-order chi connectivity index (χ0) is 14.0. The smallest absolute Gasteiger partial charge is 0.195 e. The number of benzene rings is 1. The van der Waals surface area contributed by atoms with E-state index in [1.165, 1.54) is 6.07 Å². The predicted molar refractivity (Wildman–Crippen MR) is 69.8 cm³/mol. The SMILES string of the molecule is CCCNc1nc2cc(F)c(F)c(F)c2cc1CC. The van der Waals surface area contributed by atoms with E-state index in [0.29, 0.717) is 12.2 Å². The minimum atomic E-state index is -1.45. The summed E-state index contributed by atoms with van der Waals surface area (Å²) < 4.78 is 40.1. The fraction of sp³-hybridized carbons (Fsp3) is 0.357. The van der Waals surface area contributed by atoms with Gasteiger partial charge in [0, 0.05) is 18.0 Å². The number of nitrogens with zero attached hydrogens (tertiary/aromatic N) is 1. The van der Waals surface area contributed by atoms with Crippen molar-refractivity contribution in [1.82, 2.24) is 4.98 Å². The van der Waals surface area contributed by atoms with Gasteiger partial charge in [-0.3, -0.25) is 0 Å². The predicted octanol–water partition coefficient (Wildman–Crippen LogP) is 4.04. The highest BCUT2D eigenvalue weighted by Gasteiger charge is 2.16. The molecule has 0 aliphatic carbocycles. The van der Waals surface area contributed by atoms with Gasteiger partial charge in [0.05, 0.1) is 5.52 Å². The van der Waals surface area contributed by atoms with Crippen LogP contribution in [0.5, 0.6) is 0 Å². The number of fused-ring (bicyclic) bond motifs is 1. The van der Waals surface area contributed by atoms with Crippen LogP contribution in [-0.4, -0.2) is 11.5 Å². The molecule has 0 radical (unpaired) electrons. The van der Waals surface area contributed by atoms with Crippen LogP contribution < -0.4 is 5.32 Å². The monoisotopic (exact) mass is 268 g/mol. The first-order valence-electron chi connectivity index (χ1n) is 6.29. The summed E-state index contributed by atoms with van der Waals surface area (Å²) in [5.74, 6) is -3.25. The molecule has 0 saturated heterocycles. The van der Waals surface area contributed by atoms with E-state index in [2.05, 4.69) is 10.3 Å². The third-order valence-electron chi connectivity index (χ3n) is 2.96. The van der Waals surface area contributed by atoms with Gasteiger partial charge in [0.1, 0.15) is 5.82 Å². The van der Waals surface area contributed by atoms with Gasteiger partial charge in [0.25, 0.3) is 0 Å². The summed E-state index contributed by atoms with van der Waals surface area (Å²) >= 11 is 0. The summed E-state index contributed by atoms with van der Waals surface area (Å²) in [6, 6.07) is 2.45. The highest BCUT2D eigenvalue weighted by atomic mass is 19.2. The Labute approximate surface area is 109 Å². The molecule has 0 fully saturated rings. The molecule has 0 aliphatic heterocycles. The van der Waals surface area contributed by atoms with Crippen LogP contribution in [0.3, 0.4) is 0 Å². The quantitative estimate of drug-likeness (QED) is 0.847. The van der Waals surface area contributed by atoms with Crippen molar-refractivity contribution < 1.29 is 13.2 Å². The number of aromatic nitrogens is 1. The van der Waals surface area contributed by atoms with Crippen LogP contribution in [0.2, 0.25) is 0 Å². The molecule has 1 N–H and O–H groups in total. The molecular formula is C14H15F3N2. The lowest BCUT2D eigenvalue weighted by Crippen LogP contribution is -2.06. The Hall–Kier alpha value is -1.78. The Balaban J connectivity index is 2.63. The number of nitrogens with one attached hydrogen (secondary N) is 1. The summed E-state index contributed by atoms with van der Waals surface area (Å²) in [5.41, 5.74) is 0.901. The van der Waals surface area contributed by atoms with Crippen molar-refractivity contribution in [3.05, 3.63) is 35.1 Å². The number of pyridine rings is 1. The minimum Gasteiger partial charge on any atom is -0.370 e. The maximum absolute atomic E-state index is 13.7. The molecule has 0 saturated carbocycles. The molecule has 102 valence electrons. The average molecular weight is 268 g/mol. The maximum Gasteiger partial charge on any atom is 0.195 e. The fourth-order valence-electron chi connectivity index (χ4n) is 1.93. The molecule has 0 bridgehead atoms. The zero-order valence-corrected chi connectivity index (χ0v) is 10.9. The van der Waals surface area contributed by atoms with Crippen LogP contribution in [0.1, 0.15) is 25.8 Å². The zero-order valence-electron chi connectivity index (χ0n) is 10.9. The van der Waals surface area contributed by atoms with Crippen LogP contribution in [0, 0.1) is 17.5 Å². The van der Waals surface area contributed by atoms with Crippen LogP contribution in [0.15, 0.2) is 12.1 Å². The fourth-order valence-corrected chi connectivity index (χ4v) is 1.93. The van der Waals surface area contributed by atoms with Crippen molar-refractivity contribution >= 4 is 16.7 Å². The second kappa shape index (κ2) is 5.47. The lowest BCUT2D eigenvalue weighted by atomic mass is 10.1. The third-order valence-corrected chi connectivity index (χ3v) is 2.96. The molecule has 0 amide bonds. The molecule has 1 aromatic heterocycles. The van der Waals surface area contributed by atoms with E-state index in [9.17, 15) is 13.2 Å². The lowest BCUT2D eigenvalue weighted by Gasteiger charge is -2.11. The van der Waals surface area contributed by atoms with Crippen molar-refractivity contribution in [3.8, 4) is 0 Å². The van der Waals surface area contributed by atoms with Gasteiger partial charge >= 0.3 is 0 Å². The van der Waals surface area contributed by atoms with E-state index < -0.39 is 17.5 Å². The number of anilines is 1. The standard InChI is InChI=1S/C14H15F3N2/c1-3-5-18-14-8(4-2)6-9-11(19-14)7-10(15)13(17)12(9)16/h6-7H,3-5H2,1-2H3,(H,18,19). The Morgan fingerprint density at radius 2 is 1.84 bits per heavy atom. The van der Waals surface area contributed by atoms with Crippen LogP contribution in [0.25, 0.3) is 10.9 Å². The number of hydrogen-bond acceptors (Lipinski definition) is 2. The van der Waals surface area contributed by atoms with Gasteiger partial charge in [0.2, 0.25) is 0 Å². The summed E-state index contributed by atoms with van der Waals surface area (Å²) in [6.07, 6.45) is 1.54. The first-order valence-corrected chi connectivity index (χ1v) is 6.29. The molecule has 19 heavy (non-hydrogen) atoms. The van der Waals surface area contributed by atoms with Crippen molar-refractivity contribution in [3.63, 3.8) is 0 Å². The van der Waals surface area contributed by atoms with Gasteiger partial charge in [-0.2, -0.15) is 0 Å². The summed E-state index contributed by atoms with van der Waals surface area (Å²) in [7, 11) is 0. The van der Waals surface area contributed by atoms with Crippen LogP contribution in [0.4, 0.5) is 19.0 Å². The number of aryl methyl sites for hydroxylation is 1. The Morgan fingerprint density at radius 3 is 2.47 bits per heavy atom. The molecule has 0 unspecified atom stereocenters. The van der Waals surface area contributed by atoms with Crippen LogP contribution >= 0.6 is 0 Å². The van der Waals surface area contributed by atoms with E-state index in [4.69, 9.17) is 0 Å². The second-order valence-corrected chi connectivity index (χ2v) is 4.33. The first-order chi connectivity index (χ1) is 9.08. The number of halogens is 3. The van der Waals surface area contributed by atoms with Crippen LogP contribution in [-0.2, 0) is 6.42 Å². The van der Waals surface area contributed by atoms with Gasteiger partial charge in [-0.1, -0.05) is 13.8 Å². The molecule has 5 heteroatoms. The molecule has 2 rings (SSSR count). The maximum atomic E-state index is 13.7. The first kappa shape index (κ1) is 13.6. The van der Waals surface area contributed by atoms with E-state index in [0.717, 1.165) is 24.6 Å². The Morgan fingerprint density at radius 1 is 1.11 bits per heavy atom. The number of rotatable bonds is 4. The van der Waals surface area contributed by atoms with Gasteiger partial charge in [-0.05, 0) is 24.5 Å². The molecule has 1 aromatic carbocycles. The van der Waals surface area contributed by atoms with Crippen molar-refractivity contribution in [2.75, 3.05) is 11.9 Å². The normalized spacial score (nSPS) is 11.0. The molecule has 0 atom stereocenters. The Kier molecular flexibility index (Phi) is 3.93. The van der Waals surface area contributed by atoms with Crippen molar-refractivity contribution in [2.24, 2.45) is 0 Å². The van der Waals surface area contributed by atoms with E-state index in [1.807, 2.05) is 13.8 Å². The second-order valence-electron chi connectivity index (χ2n) is 4.33. The highest BCUT2D eigenvalue weighted by molar-refractivity contribution is 5.82. The van der Waals surface area contributed by atoms with Gasteiger partial charge in [0.15, 0.2) is 17.5 Å². The summed E-state index contributed by atoms with van der Waals surface area (Å²) in [4.78, 5) is 4.19. The number of hydrogen-bond donors (Lipinski definition) is 1. The molecule has 0 spiro atoms. The van der Waals surface area contributed by atoms with E-state index >= 15 is 0 Å². The lowest BCUT2D eigenvalue weighted by molar-refractivity contribution is 0.453. The molecular weight excluding hydrogens is 253 g/mol. The molecule has 2 aromatic rings. The minimum absolute atomic E-state index is 0.0119. The third kappa shape index (κ3) is 2.50. The largest absolute Gasteiger partial charge is 0.370 e. The van der Waals surface area contributed by atoms with Crippen molar-refractivity contribution in [1.29, 1.82) is 0 Å². The molecule has 0 aliphatic rings.